The number of nitrogens with two attached hydrogens (primary N) is 1. The van der Waals surface area contributed by atoms with E-state index in [1.807, 2.05) is 0 Å². The Bertz CT molecular complexity index is 466. The number of halogens is 1. The molecule has 0 unspecified atom stereocenters. The van der Waals surface area contributed by atoms with E-state index >= 15 is 0 Å². The number of hydrogen-bond acceptors (Lipinski definition) is 4. The minimum Gasteiger partial charge on any atom is -0.370 e. The first kappa shape index (κ1) is 15.1. The van der Waals surface area contributed by atoms with Crippen molar-refractivity contribution in [3.8, 4) is 0 Å². The van der Waals surface area contributed by atoms with E-state index in [9.17, 15) is 14.0 Å². The van der Waals surface area contributed by atoms with Gasteiger partial charge in [-0.1, -0.05) is 0 Å². The average Bonchev–Trinajstić information content (AvgIpc) is 2.33. The number of hydrogen-bond donors (Lipinski definition) is 3. The minimum absolute atomic E-state index is 0.00757. The highest BCUT2D eigenvalue weighted by molar-refractivity contribution is 5.94. The number of benzene rings is 1. The quantitative estimate of drug-likeness (QED) is 0.663. The largest absolute Gasteiger partial charge is 0.370 e. The molecule has 6 nitrogen and oxygen atoms in total. The van der Waals surface area contributed by atoms with Crippen molar-refractivity contribution in [1.29, 1.82) is 0 Å². The molecule has 0 bridgehead atoms. The number of anilines is 2. The predicted molar refractivity (Wildman–Crippen MR) is 69.2 cm³/mol. The van der Waals surface area contributed by atoms with Crippen molar-refractivity contribution in [2.45, 2.75) is 6.92 Å². The number of carbonyl (C=O) groups is 2. The van der Waals surface area contributed by atoms with Gasteiger partial charge in [-0.2, -0.15) is 0 Å². The normalized spacial score (nSPS) is 10.1. The third-order valence-electron chi connectivity index (χ3n) is 2.06. The van der Waals surface area contributed by atoms with Gasteiger partial charge in [0.2, 0.25) is 11.8 Å². The van der Waals surface area contributed by atoms with Crippen molar-refractivity contribution in [2.24, 2.45) is 5.73 Å². The fourth-order valence-electron chi connectivity index (χ4n) is 1.33. The Morgan fingerprint density at radius 2 is 2.11 bits per heavy atom. The van der Waals surface area contributed by atoms with Crippen LogP contribution in [0, 0.1) is 5.82 Å². The van der Waals surface area contributed by atoms with Crippen LogP contribution in [0.2, 0.25) is 0 Å². The van der Waals surface area contributed by atoms with Crippen LogP contribution in [0.1, 0.15) is 6.92 Å². The first-order valence-corrected chi connectivity index (χ1v) is 5.67. The first-order valence-electron chi connectivity index (χ1n) is 5.67. The van der Waals surface area contributed by atoms with Crippen molar-refractivity contribution in [3.63, 3.8) is 0 Å². The van der Waals surface area contributed by atoms with E-state index in [1.54, 1.807) is 0 Å². The van der Waals surface area contributed by atoms with E-state index in [0.29, 0.717) is 12.2 Å². The standard InChI is InChI=1S/C12H16FN3O3/c1-8(17)15-11-6-9(2-3-10(11)13)16-12(18)7-19-5-4-14/h2-3,6H,4-5,7,14H2,1H3,(H,15,17)(H,16,18). The molecule has 0 spiro atoms. The number of ether oxygens (including phenoxy) is 1. The molecule has 0 aliphatic heterocycles. The second-order valence-electron chi connectivity index (χ2n) is 3.77. The molecule has 0 aliphatic carbocycles. The second-order valence-corrected chi connectivity index (χ2v) is 3.77. The van der Waals surface area contributed by atoms with E-state index in [2.05, 4.69) is 10.6 Å². The highest BCUT2D eigenvalue weighted by Crippen LogP contribution is 2.19. The van der Waals surface area contributed by atoms with Crippen molar-refractivity contribution in [2.75, 3.05) is 30.4 Å². The van der Waals surface area contributed by atoms with Gasteiger partial charge in [-0.15, -0.1) is 0 Å². The maximum atomic E-state index is 13.3. The Balaban J connectivity index is 2.63. The van der Waals surface area contributed by atoms with Gasteiger partial charge in [-0.25, -0.2) is 4.39 Å². The molecule has 19 heavy (non-hydrogen) atoms. The number of nitrogens with one attached hydrogen (secondary N) is 2. The summed E-state index contributed by atoms with van der Waals surface area (Å²) in [5.41, 5.74) is 5.59. The predicted octanol–water partition coefficient (Wildman–Crippen LogP) is 0.698. The lowest BCUT2D eigenvalue weighted by molar-refractivity contribution is -0.120. The fraction of sp³-hybridized carbons (Fsp3) is 0.333. The highest BCUT2D eigenvalue weighted by atomic mass is 19.1. The Morgan fingerprint density at radius 1 is 1.37 bits per heavy atom. The summed E-state index contributed by atoms with van der Waals surface area (Å²) in [5, 5.41) is 4.84. The number of carbonyl (C=O) groups excluding carboxylic acids is 2. The zero-order chi connectivity index (χ0) is 14.3. The van der Waals surface area contributed by atoms with Gasteiger partial charge in [0.1, 0.15) is 12.4 Å². The molecule has 104 valence electrons. The van der Waals surface area contributed by atoms with Crippen LogP contribution in [-0.4, -0.2) is 31.6 Å². The molecule has 7 heteroatoms. The van der Waals surface area contributed by atoms with Crippen molar-refractivity contribution >= 4 is 23.2 Å². The summed E-state index contributed by atoms with van der Waals surface area (Å²) in [6, 6.07) is 3.88. The Morgan fingerprint density at radius 3 is 2.74 bits per heavy atom. The van der Waals surface area contributed by atoms with E-state index in [4.69, 9.17) is 10.5 Å². The molecule has 1 aromatic rings. The Kier molecular flexibility index (Phi) is 5.91. The van der Waals surface area contributed by atoms with Gasteiger partial charge >= 0.3 is 0 Å². The topological polar surface area (TPSA) is 93.5 Å². The summed E-state index contributed by atoms with van der Waals surface area (Å²) in [6.45, 7) is 1.75. The Labute approximate surface area is 110 Å². The van der Waals surface area contributed by atoms with Gasteiger partial charge in [-0.3, -0.25) is 9.59 Å². The van der Waals surface area contributed by atoms with Crippen LogP contribution in [0.4, 0.5) is 15.8 Å². The van der Waals surface area contributed by atoms with Crippen LogP contribution < -0.4 is 16.4 Å². The molecule has 1 rings (SSSR count). The lowest BCUT2D eigenvalue weighted by atomic mass is 10.2. The summed E-state index contributed by atoms with van der Waals surface area (Å²) in [4.78, 5) is 22.3. The van der Waals surface area contributed by atoms with Gasteiger partial charge in [0.05, 0.1) is 12.3 Å². The van der Waals surface area contributed by atoms with Gasteiger partial charge in [0.25, 0.3) is 0 Å². The lowest BCUT2D eigenvalue weighted by Crippen LogP contribution is -2.21. The van der Waals surface area contributed by atoms with Gasteiger partial charge in [-0.05, 0) is 18.2 Å². The smallest absolute Gasteiger partial charge is 0.250 e. The van der Waals surface area contributed by atoms with Gasteiger partial charge in [0.15, 0.2) is 0 Å². The van der Waals surface area contributed by atoms with Crippen molar-refractivity contribution < 1.29 is 18.7 Å². The van der Waals surface area contributed by atoms with Crippen LogP contribution >= 0.6 is 0 Å². The van der Waals surface area contributed by atoms with Crippen LogP contribution in [0.3, 0.4) is 0 Å². The van der Waals surface area contributed by atoms with Crippen LogP contribution in [0.15, 0.2) is 18.2 Å². The molecule has 0 fully saturated rings. The van der Waals surface area contributed by atoms with Crippen LogP contribution in [0.5, 0.6) is 0 Å². The van der Waals surface area contributed by atoms with Gasteiger partial charge < -0.3 is 21.1 Å². The molecule has 4 N–H and O–H groups in total. The Hall–Kier alpha value is -1.99. The minimum atomic E-state index is -0.576. The summed E-state index contributed by atoms with van der Waals surface area (Å²) < 4.78 is 18.3. The van der Waals surface area contributed by atoms with Crippen LogP contribution in [-0.2, 0) is 14.3 Å². The molecule has 0 aromatic heterocycles. The maximum Gasteiger partial charge on any atom is 0.250 e. The summed E-state index contributed by atoms with van der Waals surface area (Å²) in [7, 11) is 0. The third kappa shape index (κ3) is 5.45. The molecule has 2 amide bonds. The first-order chi connectivity index (χ1) is 9.02. The molecule has 0 saturated heterocycles. The third-order valence-corrected chi connectivity index (χ3v) is 2.06. The molecule has 0 heterocycles. The van der Waals surface area contributed by atoms with Crippen LogP contribution in [0.25, 0.3) is 0 Å². The summed E-state index contributed by atoms with van der Waals surface area (Å²) in [6.07, 6.45) is 0. The number of amides is 2. The average molecular weight is 269 g/mol. The SMILES string of the molecule is CC(=O)Nc1cc(NC(=O)COCCN)ccc1F. The van der Waals surface area contributed by atoms with E-state index in [-0.39, 0.29) is 24.8 Å². The van der Waals surface area contributed by atoms with E-state index < -0.39 is 11.7 Å². The number of rotatable bonds is 6. The van der Waals surface area contributed by atoms with E-state index in [0.717, 1.165) is 6.07 Å². The molecular formula is C12H16FN3O3. The monoisotopic (exact) mass is 269 g/mol. The molecule has 0 saturated carbocycles. The second kappa shape index (κ2) is 7.45. The molecule has 1 aromatic carbocycles. The zero-order valence-corrected chi connectivity index (χ0v) is 10.5. The summed E-state index contributed by atoms with van der Waals surface area (Å²) in [5.74, 6) is -1.35. The molecule has 0 aliphatic rings. The van der Waals surface area contributed by atoms with Crippen molar-refractivity contribution in [1.82, 2.24) is 0 Å². The zero-order valence-electron chi connectivity index (χ0n) is 10.5. The van der Waals surface area contributed by atoms with E-state index in [1.165, 1.54) is 19.1 Å². The van der Waals surface area contributed by atoms with Gasteiger partial charge in [0, 0.05) is 19.2 Å². The highest BCUT2D eigenvalue weighted by Gasteiger charge is 2.07. The fourth-order valence-corrected chi connectivity index (χ4v) is 1.33. The molecule has 0 atom stereocenters. The van der Waals surface area contributed by atoms with Crippen molar-refractivity contribution in [3.05, 3.63) is 24.0 Å². The maximum absolute atomic E-state index is 13.3. The lowest BCUT2D eigenvalue weighted by Gasteiger charge is -2.09. The molecular weight excluding hydrogens is 253 g/mol. The summed E-state index contributed by atoms with van der Waals surface area (Å²) >= 11 is 0. The molecule has 0 radical (unpaired) electrons.